The van der Waals surface area contributed by atoms with Crippen LogP contribution in [-0.4, -0.2) is 4.98 Å². The Morgan fingerprint density at radius 2 is 2.29 bits per heavy atom. The molecule has 0 unspecified atom stereocenters. The summed E-state index contributed by atoms with van der Waals surface area (Å²) in [7, 11) is 0. The van der Waals surface area contributed by atoms with Gasteiger partial charge in [-0.3, -0.25) is 4.79 Å². The fraction of sp³-hybridized carbons (Fsp3) is 0.364. The molecule has 3 nitrogen and oxygen atoms in total. The van der Waals surface area contributed by atoms with Crippen LogP contribution in [-0.2, 0) is 11.3 Å². The average molecular weight is 191 g/mol. The molecule has 74 valence electrons. The Kier molecular flexibility index (Phi) is 2.15. The number of pyridine rings is 1. The number of fused-ring (bicyclic) bond motifs is 1. The van der Waals surface area contributed by atoms with Gasteiger partial charge in [0.15, 0.2) is 0 Å². The van der Waals surface area contributed by atoms with Crippen molar-refractivity contribution < 1.29 is 4.74 Å². The molecule has 1 aliphatic heterocycles. The van der Waals surface area contributed by atoms with Crippen molar-refractivity contribution in [2.75, 3.05) is 0 Å². The maximum Gasteiger partial charge on any atom is 0.255 e. The van der Waals surface area contributed by atoms with Crippen LogP contribution in [0.1, 0.15) is 25.0 Å². The van der Waals surface area contributed by atoms with E-state index in [1.165, 1.54) is 0 Å². The number of allylic oxidation sites excluding steroid dienone is 1. The summed E-state index contributed by atoms with van der Waals surface area (Å²) in [5, 5.41) is 0. The lowest BCUT2D eigenvalue weighted by Crippen LogP contribution is -2.18. The summed E-state index contributed by atoms with van der Waals surface area (Å²) in [5.74, 6) is 0.371. The third kappa shape index (κ3) is 1.35. The summed E-state index contributed by atoms with van der Waals surface area (Å²) in [5.41, 5.74) is 2.81. The molecule has 1 N–H and O–H groups in total. The van der Waals surface area contributed by atoms with Crippen molar-refractivity contribution in [2.24, 2.45) is 5.92 Å². The molecular formula is C11H13NO2. The number of aromatic nitrogens is 1. The van der Waals surface area contributed by atoms with E-state index in [0.717, 1.165) is 16.7 Å². The van der Waals surface area contributed by atoms with E-state index < -0.39 is 0 Å². The molecule has 2 rings (SSSR count). The van der Waals surface area contributed by atoms with Crippen molar-refractivity contribution in [2.45, 2.75) is 20.5 Å². The zero-order valence-corrected chi connectivity index (χ0v) is 8.33. The van der Waals surface area contributed by atoms with E-state index in [-0.39, 0.29) is 5.56 Å². The lowest BCUT2D eigenvalue weighted by atomic mass is 9.93. The van der Waals surface area contributed by atoms with E-state index in [0.29, 0.717) is 12.5 Å². The second-order valence-electron chi connectivity index (χ2n) is 3.74. The van der Waals surface area contributed by atoms with E-state index in [4.69, 9.17) is 4.74 Å². The van der Waals surface area contributed by atoms with Crippen LogP contribution in [0.25, 0.3) is 5.57 Å². The molecular weight excluding hydrogens is 178 g/mol. The summed E-state index contributed by atoms with van der Waals surface area (Å²) < 4.78 is 5.27. The van der Waals surface area contributed by atoms with Crippen LogP contribution in [0.15, 0.2) is 23.3 Å². The van der Waals surface area contributed by atoms with Gasteiger partial charge < -0.3 is 9.72 Å². The third-order valence-electron chi connectivity index (χ3n) is 2.43. The van der Waals surface area contributed by atoms with Crippen molar-refractivity contribution in [3.8, 4) is 0 Å². The van der Waals surface area contributed by atoms with Gasteiger partial charge in [0.25, 0.3) is 5.56 Å². The van der Waals surface area contributed by atoms with Crippen molar-refractivity contribution in [3.63, 3.8) is 0 Å². The average Bonchev–Trinajstić information content (AvgIpc) is 2.17. The molecule has 0 saturated heterocycles. The molecule has 14 heavy (non-hydrogen) atoms. The maximum atomic E-state index is 11.5. The van der Waals surface area contributed by atoms with Gasteiger partial charge in [0.05, 0.1) is 11.8 Å². The van der Waals surface area contributed by atoms with Crippen LogP contribution in [0.4, 0.5) is 0 Å². The monoisotopic (exact) mass is 191 g/mol. The highest BCUT2D eigenvalue weighted by molar-refractivity contribution is 5.69. The first-order valence-corrected chi connectivity index (χ1v) is 4.72. The smallest absolute Gasteiger partial charge is 0.255 e. The highest BCUT2D eigenvalue weighted by atomic mass is 16.5. The van der Waals surface area contributed by atoms with Crippen molar-refractivity contribution in [1.29, 1.82) is 0 Å². The van der Waals surface area contributed by atoms with Crippen LogP contribution in [0, 0.1) is 5.92 Å². The molecule has 0 aliphatic carbocycles. The van der Waals surface area contributed by atoms with E-state index in [2.05, 4.69) is 18.8 Å². The van der Waals surface area contributed by atoms with Gasteiger partial charge >= 0.3 is 0 Å². The zero-order chi connectivity index (χ0) is 10.1. The molecule has 1 aromatic heterocycles. The molecule has 1 aliphatic rings. The number of rotatable bonds is 1. The van der Waals surface area contributed by atoms with Gasteiger partial charge in [0.2, 0.25) is 0 Å². The number of nitrogens with one attached hydrogen (secondary N) is 1. The molecule has 1 aromatic rings. The summed E-state index contributed by atoms with van der Waals surface area (Å²) in [6.45, 7) is 4.55. The van der Waals surface area contributed by atoms with Gasteiger partial charge in [0, 0.05) is 6.20 Å². The molecule has 0 radical (unpaired) electrons. The highest BCUT2D eigenvalue weighted by Gasteiger charge is 2.17. The van der Waals surface area contributed by atoms with Gasteiger partial charge in [-0.2, -0.15) is 0 Å². The minimum atomic E-state index is -0.0475. The standard InChI is InChI=1S/C11H13NO2/c1-7(2)9-5-14-6-10-8(9)3-4-12-11(10)13/h3-5,7H,6H2,1-2H3,(H,12,13). The molecule has 0 spiro atoms. The van der Waals surface area contributed by atoms with Gasteiger partial charge in [-0.15, -0.1) is 0 Å². The first-order valence-electron chi connectivity index (χ1n) is 4.72. The van der Waals surface area contributed by atoms with Crippen molar-refractivity contribution in [1.82, 2.24) is 4.98 Å². The molecule has 0 atom stereocenters. The Labute approximate surface area is 82.4 Å². The normalized spacial score (nSPS) is 14.6. The molecule has 0 fully saturated rings. The Hall–Kier alpha value is -1.51. The van der Waals surface area contributed by atoms with Gasteiger partial charge in [0.1, 0.15) is 6.61 Å². The van der Waals surface area contributed by atoms with E-state index >= 15 is 0 Å². The third-order valence-corrected chi connectivity index (χ3v) is 2.43. The minimum Gasteiger partial charge on any atom is -0.496 e. The Bertz CT molecular complexity index is 429. The molecule has 0 amide bonds. The van der Waals surface area contributed by atoms with Gasteiger partial charge in [-0.05, 0) is 23.1 Å². The Morgan fingerprint density at radius 1 is 1.50 bits per heavy atom. The summed E-state index contributed by atoms with van der Waals surface area (Å²) in [6, 6.07) is 1.94. The maximum absolute atomic E-state index is 11.5. The van der Waals surface area contributed by atoms with Crippen LogP contribution in [0.5, 0.6) is 0 Å². The van der Waals surface area contributed by atoms with Gasteiger partial charge in [-0.25, -0.2) is 0 Å². The second-order valence-corrected chi connectivity index (χ2v) is 3.74. The summed E-state index contributed by atoms with van der Waals surface area (Å²) >= 11 is 0. The van der Waals surface area contributed by atoms with E-state index in [1.807, 2.05) is 6.07 Å². The molecule has 0 aromatic carbocycles. The quantitative estimate of drug-likeness (QED) is 0.736. The summed E-state index contributed by atoms with van der Waals surface area (Å²) in [6.07, 6.45) is 3.44. The Balaban J connectivity index is 2.60. The lowest BCUT2D eigenvalue weighted by Gasteiger charge is -2.19. The number of H-pyrrole nitrogens is 1. The predicted octanol–water partition coefficient (Wildman–Crippen LogP) is 1.90. The van der Waals surface area contributed by atoms with E-state index in [9.17, 15) is 4.79 Å². The highest BCUT2D eigenvalue weighted by Crippen LogP contribution is 2.28. The fourth-order valence-corrected chi connectivity index (χ4v) is 1.65. The minimum absolute atomic E-state index is 0.0475. The number of aromatic amines is 1. The van der Waals surface area contributed by atoms with Gasteiger partial charge in [-0.1, -0.05) is 13.8 Å². The number of hydrogen-bond acceptors (Lipinski definition) is 2. The molecule has 0 bridgehead atoms. The van der Waals surface area contributed by atoms with Crippen molar-refractivity contribution in [3.05, 3.63) is 40.0 Å². The first-order chi connectivity index (χ1) is 6.70. The topological polar surface area (TPSA) is 42.1 Å². The summed E-state index contributed by atoms with van der Waals surface area (Å²) in [4.78, 5) is 14.1. The first kappa shape index (κ1) is 9.06. The second kappa shape index (κ2) is 3.33. The number of ether oxygens (including phenoxy) is 1. The van der Waals surface area contributed by atoms with E-state index in [1.54, 1.807) is 12.5 Å². The van der Waals surface area contributed by atoms with Crippen LogP contribution >= 0.6 is 0 Å². The van der Waals surface area contributed by atoms with Crippen LogP contribution in [0.3, 0.4) is 0 Å². The lowest BCUT2D eigenvalue weighted by molar-refractivity contribution is 0.229. The van der Waals surface area contributed by atoms with Crippen LogP contribution in [0.2, 0.25) is 0 Å². The zero-order valence-electron chi connectivity index (χ0n) is 8.33. The predicted molar refractivity (Wildman–Crippen MR) is 54.7 cm³/mol. The van der Waals surface area contributed by atoms with Crippen molar-refractivity contribution >= 4 is 5.57 Å². The van der Waals surface area contributed by atoms with Crippen LogP contribution < -0.4 is 5.56 Å². The fourth-order valence-electron chi connectivity index (χ4n) is 1.65. The SMILES string of the molecule is CC(C)C1=COCc2c1cc[nH]c2=O. The number of hydrogen-bond donors (Lipinski definition) is 1. The molecule has 0 saturated carbocycles. The largest absolute Gasteiger partial charge is 0.496 e. The molecule has 2 heterocycles. The Morgan fingerprint density at radius 3 is 3.00 bits per heavy atom. The molecule has 3 heteroatoms.